The molecule has 0 aromatic rings. The van der Waals surface area contributed by atoms with Crippen LogP contribution >= 0.6 is 12.2 Å². The van der Waals surface area contributed by atoms with E-state index in [9.17, 15) is 0 Å². The van der Waals surface area contributed by atoms with Crippen LogP contribution in [-0.4, -0.2) is 29.1 Å². The zero-order chi connectivity index (χ0) is 9.26. The minimum atomic E-state index is 0.661. The van der Waals surface area contributed by atoms with Gasteiger partial charge in [0.25, 0.3) is 0 Å². The lowest BCUT2D eigenvalue weighted by Gasteiger charge is -2.23. The average Bonchev–Trinajstić information content (AvgIpc) is 2.85. The Bertz CT molecular complexity index is 195. The standard InChI is InChI=1S/C10H18N2S/c1-12(9-6-7-9)10(13)11-8-4-2-3-5-8/h8-9H,2-7H2,1H3,(H,11,13). The first kappa shape index (κ1) is 9.25. The Labute approximate surface area is 85.7 Å². The largest absolute Gasteiger partial charge is 0.360 e. The van der Waals surface area contributed by atoms with Gasteiger partial charge in [0, 0.05) is 19.1 Å². The van der Waals surface area contributed by atoms with Crippen LogP contribution in [0.25, 0.3) is 0 Å². The van der Waals surface area contributed by atoms with Gasteiger partial charge in [-0.05, 0) is 37.9 Å². The molecule has 0 bridgehead atoms. The minimum absolute atomic E-state index is 0.661. The monoisotopic (exact) mass is 198 g/mol. The van der Waals surface area contributed by atoms with Crippen LogP contribution in [0, 0.1) is 0 Å². The summed E-state index contributed by atoms with van der Waals surface area (Å²) in [6.45, 7) is 0. The molecule has 2 rings (SSSR count). The highest BCUT2D eigenvalue weighted by Crippen LogP contribution is 2.26. The first-order valence-corrected chi connectivity index (χ1v) is 5.71. The Morgan fingerprint density at radius 1 is 1.23 bits per heavy atom. The maximum absolute atomic E-state index is 5.34. The van der Waals surface area contributed by atoms with E-state index in [1.54, 1.807) is 0 Å². The van der Waals surface area contributed by atoms with Crippen molar-refractivity contribution in [2.24, 2.45) is 0 Å². The van der Waals surface area contributed by atoms with Crippen molar-refractivity contribution in [1.82, 2.24) is 10.2 Å². The third kappa shape index (κ3) is 2.33. The molecule has 0 amide bonds. The van der Waals surface area contributed by atoms with Crippen molar-refractivity contribution in [2.75, 3.05) is 7.05 Å². The van der Waals surface area contributed by atoms with E-state index in [0.717, 1.165) is 11.2 Å². The molecule has 2 aliphatic rings. The van der Waals surface area contributed by atoms with Gasteiger partial charge >= 0.3 is 0 Å². The fraction of sp³-hybridized carbons (Fsp3) is 0.900. The summed E-state index contributed by atoms with van der Waals surface area (Å²) in [4.78, 5) is 2.23. The van der Waals surface area contributed by atoms with E-state index >= 15 is 0 Å². The number of hydrogen-bond acceptors (Lipinski definition) is 1. The molecular formula is C10H18N2S. The Balaban J connectivity index is 1.76. The van der Waals surface area contributed by atoms with E-state index in [-0.39, 0.29) is 0 Å². The highest BCUT2D eigenvalue weighted by molar-refractivity contribution is 7.80. The van der Waals surface area contributed by atoms with Crippen LogP contribution in [0.15, 0.2) is 0 Å². The predicted molar refractivity (Wildman–Crippen MR) is 58.8 cm³/mol. The molecule has 0 aromatic carbocycles. The quantitative estimate of drug-likeness (QED) is 0.682. The van der Waals surface area contributed by atoms with Crippen molar-refractivity contribution in [3.63, 3.8) is 0 Å². The van der Waals surface area contributed by atoms with E-state index in [4.69, 9.17) is 12.2 Å². The number of hydrogen-bond donors (Lipinski definition) is 1. The summed E-state index contributed by atoms with van der Waals surface area (Å²) in [5.41, 5.74) is 0. The highest BCUT2D eigenvalue weighted by Gasteiger charge is 2.28. The molecule has 3 heteroatoms. The molecule has 0 saturated heterocycles. The Morgan fingerprint density at radius 2 is 1.85 bits per heavy atom. The van der Waals surface area contributed by atoms with E-state index < -0.39 is 0 Å². The molecule has 0 aliphatic heterocycles. The molecule has 2 nitrogen and oxygen atoms in total. The van der Waals surface area contributed by atoms with Crippen LogP contribution in [0.5, 0.6) is 0 Å². The number of rotatable bonds is 2. The first-order valence-electron chi connectivity index (χ1n) is 5.30. The zero-order valence-corrected chi connectivity index (χ0v) is 9.07. The van der Waals surface area contributed by atoms with Gasteiger partial charge in [-0.25, -0.2) is 0 Å². The molecule has 1 N–H and O–H groups in total. The van der Waals surface area contributed by atoms with Crippen molar-refractivity contribution < 1.29 is 0 Å². The molecule has 0 unspecified atom stereocenters. The molecular weight excluding hydrogens is 180 g/mol. The van der Waals surface area contributed by atoms with E-state index in [1.165, 1.54) is 38.5 Å². The second kappa shape index (κ2) is 3.82. The molecule has 0 radical (unpaired) electrons. The molecule has 2 aliphatic carbocycles. The Kier molecular flexibility index (Phi) is 2.72. The number of nitrogens with zero attached hydrogens (tertiary/aromatic N) is 1. The number of nitrogens with one attached hydrogen (secondary N) is 1. The maximum Gasteiger partial charge on any atom is 0.169 e. The summed E-state index contributed by atoms with van der Waals surface area (Å²) < 4.78 is 0. The van der Waals surface area contributed by atoms with Crippen LogP contribution < -0.4 is 5.32 Å². The van der Waals surface area contributed by atoms with Gasteiger partial charge < -0.3 is 10.2 Å². The SMILES string of the molecule is CN(C(=S)NC1CCCC1)C1CC1. The lowest BCUT2D eigenvalue weighted by molar-refractivity contribution is 0.468. The lowest BCUT2D eigenvalue weighted by atomic mass is 10.2. The van der Waals surface area contributed by atoms with E-state index in [2.05, 4.69) is 17.3 Å². The van der Waals surface area contributed by atoms with Gasteiger partial charge in [-0.15, -0.1) is 0 Å². The summed E-state index contributed by atoms with van der Waals surface area (Å²) in [7, 11) is 2.11. The Morgan fingerprint density at radius 3 is 2.38 bits per heavy atom. The highest BCUT2D eigenvalue weighted by atomic mass is 32.1. The van der Waals surface area contributed by atoms with Crippen LogP contribution in [-0.2, 0) is 0 Å². The molecule has 0 atom stereocenters. The van der Waals surface area contributed by atoms with Crippen molar-refractivity contribution >= 4 is 17.3 Å². The van der Waals surface area contributed by atoms with Gasteiger partial charge in [0.15, 0.2) is 5.11 Å². The van der Waals surface area contributed by atoms with Crippen molar-refractivity contribution in [1.29, 1.82) is 0 Å². The van der Waals surface area contributed by atoms with Crippen molar-refractivity contribution in [3.8, 4) is 0 Å². The van der Waals surface area contributed by atoms with Crippen LogP contribution in [0.1, 0.15) is 38.5 Å². The van der Waals surface area contributed by atoms with Gasteiger partial charge in [-0.1, -0.05) is 12.8 Å². The average molecular weight is 198 g/mol. The van der Waals surface area contributed by atoms with Gasteiger partial charge in [0.05, 0.1) is 0 Å². The van der Waals surface area contributed by atoms with Gasteiger partial charge in [-0.3, -0.25) is 0 Å². The fourth-order valence-electron chi connectivity index (χ4n) is 1.97. The molecule has 0 aromatic heterocycles. The topological polar surface area (TPSA) is 15.3 Å². The zero-order valence-electron chi connectivity index (χ0n) is 8.25. The first-order chi connectivity index (χ1) is 6.27. The molecule has 2 fully saturated rings. The molecule has 2 saturated carbocycles. The summed E-state index contributed by atoms with van der Waals surface area (Å²) >= 11 is 5.34. The van der Waals surface area contributed by atoms with Crippen molar-refractivity contribution in [3.05, 3.63) is 0 Å². The van der Waals surface area contributed by atoms with Crippen LogP contribution in [0.2, 0.25) is 0 Å². The smallest absolute Gasteiger partial charge is 0.169 e. The predicted octanol–water partition coefficient (Wildman–Crippen LogP) is 1.90. The summed E-state index contributed by atoms with van der Waals surface area (Å²) in [6, 6.07) is 1.40. The van der Waals surface area contributed by atoms with Gasteiger partial charge in [0.1, 0.15) is 0 Å². The maximum atomic E-state index is 5.34. The minimum Gasteiger partial charge on any atom is -0.360 e. The Hall–Kier alpha value is -0.310. The lowest BCUT2D eigenvalue weighted by Crippen LogP contribution is -2.42. The summed E-state index contributed by atoms with van der Waals surface area (Å²) in [5, 5.41) is 4.42. The fourth-order valence-corrected chi connectivity index (χ4v) is 2.29. The molecule has 13 heavy (non-hydrogen) atoms. The third-order valence-electron chi connectivity index (χ3n) is 3.10. The normalized spacial score (nSPS) is 23.2. The van der Waals surface area contributed by atoms with Crippen molar-refractivity contribution in [2.45, 2.75) is 50.6 Å². The van der Waals surface area contributed by atoms with Crippen LogP contribution in [0.3, 0.4) is 0 Å². The molecule has 74 valence electrons. The third-order valence-corrected chi connectivity index (χ3v) is 3.50. The van der Waals surface area contributed by atoms with E-state index in [0.29, 0.717) is 6.04 Å². The summed E-state index contributed by atoms with van der Waals surface area (Å²) in [5.74, 6) is 0. The second-order valence-electron chi connectivity index (χ2n) is 4.27. The molecule has 0 spiro atoms. The number of thiocarbonyl (C=S) groups is 1. The van der Waals surface area contributed by atoms with Gasteiger partial charge in [0.2, 0.25) is 0 Å². The molecule has 0 heterocycles. The second-order valence-corrected chi connectivity index (χ2v) is 4.66. The summed E-state index contributed by atoms with van der Waals surface area (Å²) in [6.07, 6.45) is 7.99. The van der Waals surface area contributed by atoms with Gasteiger partial charge in [-0.2, -0.15) is 0 Å². The van der Waals surface area contributed by atoms with E-state index in [1.807, 2.05) is 0 Å². The van der Waals surface area contributed by atoms with Crippen LogP contribution in [0.4, 0.5) is 0 Å².